The molecule has 1 saturated heterocycles. The van der Waals surface area contributed by atoms with Crippen LogP contribution in [0.15, 0.2) is 23.4 Å². The maximum atomic E-state index is 13.1. The number of aliphatic hydroxyl groups is 1. The van der Waals surface area contributed by atoms with Gasteiger partial charge in [0.2, 0.25) is 5.95 Å². The molecule has 0 bridgehead atoms. The number of nitrogens with zero attached hydrogens (tertiary/aromatic N) is 5. The molecule has 2 aromatic rings. The topological polar surface area (TPSA) is 104 Å². The molecule has 0 aromatic carbocycles. The summed E-state index contributed by atoms with van der Waals surface area (Å²) in [5, 5.41) is 14.1. The van der Waals surface area contributed by atoms with Crippen LogP contribution in [0, 0.1) is 11.8 Å². The van der Waals surface area contributed by atoms with Crippen molar-refractivity contribution in [3.63, 3.8) is 0 Å². The van der Waals surface area contributed by atoms with Gasteiger partial charge in [0.05, 0.1) is 33.7 Å². The summed E-state index contributed by atoms with van der Waals surface area (Å²) in [5.41, 5.74) is 1.73. The van der Waals surface area contributed by atoms with E-state index in [9.17, 15) is 9.32 Å². The van der Waals surface area contributed by atoms with Crippen LogP contribution in [0.4, 0.5) is 11.8 Å². The highest BCUT2D eigenvalue weighted by atomic mass is 35.5. The minimum Gasteiger partial charge on any atom is -0.394 e. The van der Waals surface area contributed by atoms with Gasteiger partial charge in [-0.25, -0.2) is 15.0 Å². The van der Waals surface area contributed by atoms with Crippen molar-refractivity contribution in [3.8, 4) is 0 Å². The van der Waals surface area contributed by atoms with Crippen molar-refractivity contribution in [2.45, 2.75) is 55.4 Å². The quantitative estimate of drug-likeness (QED) is 0.644. The maximum absolute atomic E-state index is 13.1. The predicted octanol–water partition coefficient (Wildman–Crippen LogP) is 3.23. The molecule has 2 aliphatic heterocycles. The minimum absolute atomic E-state index is 0.0575. The number of fused-ring (bicyclic) bond motifs is 2. The Morgan fingerprint density at radius 2 is 2.00 bits per heavy atom. The van der Waals surface area contributed by atoms with Crippen LogP contribution in [0.3, 0.4) is 0 Å². The molecule has 0 radical (unpaired) electrons. The number of aryl methyl sites for hydroxylation is 1. The Balaban J connectivity index is 1.29. The van der Waals surface area contributed by atoms with E-state index >= 15 is 0 Å². The second-order valence-corrected chi connectivity index (χ2v) is 12.0. The molecular formula is C24H29ClN6O2S. The summed E-state index contributed by atoms with van der Waals surface area (Å²) in [7, 11) is -1.12. The molecule has 0 amide bonds. The van der Waals surface area contributed by atoms with Crippen molar-refractivity contribution in [3.05, 3.63) is 35.0 Å². The van der Waals surface area contributed by atoms with Gasteiger partial charge in [-0.1, -0.05) is 17.7 Å². The number of allylic oxidation sites excluding steroid dienone is 1. The van der Waals surface area contributed by atoms with Crippen LogP contribution in [0.1, 0.15) is 50.0 Å². The second-order valence-electron chi connectivity index (χ2n) is 10.0. The van der Waals surface area contributed by atoms with Gasteiger partial charge in [0.25, 0.3) is 0 Å². The summed E-state index contributed by atoms with van der Waals surface area (Å²) in [5.74, 6) is 3.65. The van der Waals surface area contributed by atoms with Crippen LogP contribution in [-0.4, -0.2) is 60.2 Å². The SMILES string of the molecule is O=[S@@]1CCCCc2nc(N3CC4C=C(c5ncc(Cl)cn5)CC4C3)nc(NC3(CO)CCC3)c21. The molecular weight excluding hydrogens is 472 g/mol. The molecule has 2 aromatic heterocycles. The summed E-state index contributed by atoms with van der Waals surface area (Å²) in [6, 6.07) is 0. The molecule has 4 heterocycles. The largest absolute Gasteiger partial charge is 0.394 e. The Kier molecular flexibility index (Phi) is 5.82. The molecule has 4 aliphatic rings. The molecule has 2 N–H and O–H groups in total. The first-order chi connectivity index (χ1) is 16.5. The van der Waals surface area contributed by atoms with Gasteiger partial charge >= 0.3 is 0 Å². The lowest BCUT2D eigenvalue weighted by Gasteiger charge is -2.42. The summed E-state index contributed by atoms with van der Waals surface area (Å²) in [4.78, 5) is 21.7. The maximum Gasteiger partial charge on any atom is 0.227 e. The van der Waals surface area contributed by atoms with Gasteiger partial charge in [0.15, 0.2) is 5.82 Å². The van der Waals surface area contributed by atoms with E-state index in [4.69, 9.17) is 21.6 Å². The zero-order valence-electron chi connectivity index (χ0n) is 19.0. The van der Waals surface area contributed by atoms with Crippen LogP contribution in [0.25, 0.3) is 5.57 Å². The molecule has 10 heteroatoms. The van der Waals surface area contributed by atoms with Crippen molar-refractivity contribution in [2.75, 3.05) is 35.7 Å². The Labute approximate surface area is 206 Å². The zero-order chi connectivity index (χ0) is 23.3. The molecule has 2 aliphatic carbocycles. The number of rotatable bonds is 5. The monoisotopic (exact) mass is 500 g/mol. The Morgan fingerprint density at radius 3 is 2.71 bits per heavy atom. The van der Waals surface area contributed by atoms with Crippen molar-refractivity contribution in [2.24, 2.45) is 11.8 Å². The van der Waals surface area contributed by atoms with Crippen molar-refractivity contribution in [1.29, 1.82) is 0 Å². The van der Waals surface area contributed by atoms with E-state index in [0.29, 0.717) is 34.4 Å². The summed E-state index contributed by atoms with van der Waals surface area (Å²) in [6.07, 6.45) is 12.1. The predicted molar refractivity (Wildman–Crippen MR) is 132 cm³/mol. The molecule has 0 spiro atoms. The van der Waals surface area contributed by atoms with Crippen molar-refractivity contribution in [1.82, 2.24) is 19.9 Å². The average molecular weight is 501 g/mol. The lowest BCUT2D eigenvalue weighted by atomic mass is 9.77. The number of anilines is 2. The Morgan fingerprint density at radius 1 is 1.18 bits per heavy atom. The number of aromatic nitrogens is 4. The fourth-order valence-electron chi connectivity index (χ4n) is 5.64. The number of aliphatic hydroxyl groups excluding tert-OH is 1. The number of nitrogens with one attached hydrogen (secondary N) is 1. The lowest BCUT2D eigenvalue weighted by molar-refractivity contribution is 0.143. The third-order valence-corrected chi connectivity index (χ3v) is 9.46. The van der Waals surface area contributed by atoms with E-state index in [-0.39, 0.29) is 12.1 Å². The first-order valence-corrected chi connectivity index (χ1v) is 13.9. The third-order valence-electron chi connectivity index (χ3n) is 7.72. The van der Waals surface area contributed by atoms with Gasteiger partial charge in [-0.15, -0.1) is 0 Å². The first kappa shape index (κ1) is 22.4. The van der Waals surface area contributed by atoms with Crippen molar-refractivity contribution < 1.29 is 9.32 Å². The van der Waals surface area contributed by atoms with E-state index < -0.39 is 10.8 Å². The fraction of sp³-hybridized carbons (Fsp3) is 0.583. The van der Waals surface area contributed by atoms with Crippen LogP contribution in [-0.2, 0) is 17.2 Å². The van der Waals surface area contributed by atoms with E-state index in [1.807, 2.05) is 0 Å². The Hall–Kier alpha value is -2.10. The molecule has 2 fully saturated rings. The average Bonchev–Trinajstić information content (AvgIpc) is 3.33. The van der Waals surface area contributed by atoms with Crippen LogP contribution >= 0.6 is 11.6 Å². The van der Waals surface area contributed by atoms with Gasteiger partial charge in [0.1, 0.15) is 10.7 Å². The molecule has 2 unspecified atom stereocenters. The van der Waals surface area contributed by atoms with Crippen LogP contribution in [0.5, 0.6) is 0 Å². The normalized spacial score (nSPS) is 27.4. The molecule has 1 saturated carbocycles. The number of hydrogen-bond acceptors (Lipinski definition) is 8. The van der Waals surface area contributed by atoms with E-state index in [1.165, 1.54) is 5.57 Å². The molecule has 8 nitrogen and oxygen atoms in total. The molecule has 180 valence electrons. The highest BCUT2D eigenvalue weighted by Gasteiger charge is 2.41. The van der Waals surface area contributed by atoms with Gasteiger partial charge in [0, 0.05) is 31.2 Å². The number of halogens is 1. The molecule has 6 rings (SSSR count). The lowest BCUT2D eigenvalue weighted by Crippen LogP contribution is -2.49. The van der Waals surface area contributed by atoms with Gasteiger partial charge in [-0.3, -0.25) is 4.21 Å². The van der Waals surface area contributed by atoms with Gasteiger partial charge in [-0.2, -0.15) is 4.98 Å². The van der Waals surface area contributed by atoms with Crippen molar-refractivity contribution >= 4 is 39.7 Å². The van der Waals surface area contributed by atoms with Gasteiger partial charge in [-0.05, 0) is 62.4 Å². The zero-order valence-corrected chi connectivity index (χ0v) is 20.6. The van der Waals surface area contributed by atoms with Gasteiger partial charge < -0.3 is 15.3 Å². The second kappa shape index (κ2) is 8.84. The first-order valence-electron chi connectivity index (χ1n) is 12.2. The summed E-state index contributed by atoms with van der Waals surface area (Å²) < 4.78 is 13.1. The van der Waals surface area contributed by atoms with E-state index in [0.717, 1.165) is 74.4 Å². The highest BCUT2D eigenvalue weighted by Crippen LogP contribution is 2.42. The minimum atomic E-state index is -1.12. The molecule has 3 atom stereocenters. The van der Waals surface area contributed by atoms with E-state index in [1.54, 1.807) is 12.4 Å². The third kappa shape index (κ3) is 4.01. The highest BCUT2D eigenvalue weighted by molar-refractivity contribution is 7.85. The standard InChI is InChI=1S/C24H29ClN6O2S/c25-18-10-26-21(27-11-18)15-8-16-12-31(13-17(16)9-15)23-28-19-4-1-2-7-34(33)20(19)22(29-23)30-24(14-32)5-3-6-24/h8,10-11,16-17,32H,1-7,9,12-14H2,(H,28,29,30)/t16?,17?,34-/m1/s1. The smallest absolute Gasteiger partial charge is 0.227 e. The van der Waals surface area contributed by atoms with Crippen LogP contribution in [0.2, 0.25) is 5.02 Å². The summed E-state index contributed by atoms with van der Waals surface area (Å²) in [6.45, 7) is 1.76. The van der Waals surface area contributed by atoms with Crippen LogP contribution < -0.4 is 10.2 Å². The fourth-order valence-corrected chi connectivity index (χ4v) is 7.13. The van der Waals surface area contributed by atoms with E-state index in [2.05, 4.69) is 26.3 Å². The summed E-state index contributed by atoms with van der Waals surface area (Å²) >= 11 is 5.94. The molecule has 34 heavy (non-hydrogen) atoms. The Bertz CT molecular complexity index is 1150. The number of hydrogen-bond donors (Lipinski definition) is 2.